The number of rotatable bonds is 5. The molecule has 3 unspecified atom stereocenters. The monoisotopic (exact) mass is 296 g/mol. The zero-order chi connectivity index (χ0) is 16.4. The van der Waals surface area contributed by atoms with E-state index in [1.54, 1.807) is 6.08 Å². The van der Waals surface area contributed by atoms with Crippen molar-refractivity contribution in [2.24, 2.45) is 11.3 Å². The molecule has 1 fully saturated rings. The summed E-state index contributed by atoms with van der Waals surface area (Å²) in [5, 5.41) is 9.83. The normalized spacial score (nSPS) is 33.0. The van der Waals surface area contributed by atoms with Crippen LogP contribution in [0, 0.1) is 11.3 Å². The van der Waals surface area contributed by atoms with Crippen molar-refractivity contribution in [1.29, 1.82) is 0 Å². The molecule has 21 heavy (non-hydrogen) atoms. The summed E-state index contributed by atoms with van der Waals surface area (Å²) in [6, 6.07) is 0. The van der Waals surface area contributed by atoms with Crippen molar-refractivity contribution >= 4 is 0 Å². The number of ether oxygens (including phenoxy) is 2. The molecule has 0 aliphatic carbocycles. The Hall–Kier alpha value is -0.640. The average molecular weight is 296 g/mol. The molecule has 1 aliphatic rings. The van der Waals surface area contributed by atoms with Gasteiger partial charge in [-0.3, -0.25) is 0 Å². The summed E-state index contributed by atoms with van der Waals surface area (Å²) in [6.45, 7) is 18.4. The predicted octanol–water partition coefficient (Wildman–Crippen LogP) is 4.07. The highest BCUT2D eigenvalue weighted by Crippen LogP contribution is 2.43. The zero-order valence-electron chi connectivity index (χ0n) is 14.6. The van der Waals surface area contributed by atoms with Crippen LogP contribution >= 0.6 is 0 Å². The molecule has 0 bridgehead atoms. The smallest absolute Gasteiger partial charge is 0.177 e. The van der Waals surface area contributed by atoms with Gasteiger partial charge in [-0.15, -0.1) is 0 Å². The molecule has 0 aromatic carbocycles. The first-order chi connectivity index (χ1) is 9.66. The maximum atomic E-state index is 9.83. The van der Waals surface area contributed by atoms with E-state index in [2.05, 4.69) is 41.2 Å². The Morgan fingerprint density at radius 3 is 2.24 bits per heavy atom. The number of aliphatic hydroxyl groups is 1. The van der Waals surface area contributed by atoms with E-state index in [9.17, 15) is 5.11 Å². The topological polar surface area (TPSA) is 38.7 Å². The Bertz CT molecular complexity index is 395. The van der Waals surface area contributed by atoms with Gasteiger partial charge in [-0.2, -0.15) is 0 Å². The molecule has 1 saturated heterocycles. The lowest BCUT2D eigenvalue weighted by molar-refractivity contribution is -0.283. The van der Waals surface area contributed by atoms with Gasteiger partial charge in [-0.25, -0.2) is 0 Å². The molecule has 1 heterocycles. The van der Waals surface area contributed by atoms with Crippen molar-refractivity contribution < 1.29 is 14.6 Å². The quantitative estimate of drug-likeness (QED) is 0.777. The lowest BCUT2D eigenvalue weighted by Gasteiger charge is -2.49. The van der Waals surface area contributed by atoms with Crippen LogP contribution < -0.4 is 0 Å². The third kappa shape index (κ3) is 3.77. The second-order valence-electron chi connectivity index (χ2n) is 6.85. The Kier molecular flexibility index (Phi) is 6.21. The molecule has 1 rings (SSSR count). The first kappa shape index (κ1) is 18.4. The lowest BCUT2D eigenvalue weighted by Crippen LogP contribution is -2.54. The van der Waals surface area contributed by atoms with E-state index < -0.39 is 6.10 Å². The summed E-state index contributed by atoms with van der Waals surface area (Å²) in [5.41, 5.74) is 2.13. The van der Waals surface area contributed by atoms with Gasteiger partial charge < -0.3 is 14.6 Å². The Morgan fingerprint density at radius 1 is 1.24 bits per heavy atom. The maximum Gasteiger partial charge on any atom is 0.177 e. The third-order valence-electron chi connectivity index (χ3n) is 5.09. The highest BCUT2D eigenvalue weighted by Gasteiger charge is 2.46. The van der Waals surface area contributed by atoms with Gasteiger partial charge in [-0.05, 0) is 38.8 Å². The molecule has 1 aliphatic heterocycles. The fourth-order valence-corrected chi connectivity index (χ4v) is 3.28. The second kappa shape index (κ2) is 7.08. The minimum atomic E-state index is -0.424. The predicted molar refractivity (Wildman–Crippen MR) is 87.0 cm³/mol. The third-order valence-corrected chi connectivity index (χ3v) is 5.09. The molecular weight excluding hydrogens is 264 g/mol. The van der Waals surface area contributed by atoms with Crippen LogP contribution in [-0.4, -0.2) is 29.7 Å². The molecule has 1 N–H and O–H groups in total. The van der Waals surface area contributed by atoms with Gasteiger partial charge in [-0.1, -0.05) is 39.8 Å². The van der Waals surface area contributed by atoms with E-state index in [0.717, 1.165) is 12.0 Å². The van der Waals surface area contributed by atoms with Crippen LogP contribution in [-0.2, 0) is 9.47 Å². The molecule has 0 aromatic rings. The van der Waals surface area contributed by atoms with Crippen molar-refractivity contribution in [3.05, 3.63) is 23.8 Å². The zero-order valence-corrected chi connectivity index (χ0v) is 14.6. The van der Waals surface area contributed by atoms with Gasteiger partial charge in [0.25, 0.3) is 0 Å². The molecule has 0 radical (unpaired) electrons. The van der Waals surface area contributed by atoms with Crippen LogP contribution in [0.1, 0.15) is 54.9 Å². The van der Waals surface area contributed by atoms with Gasteiger partial charge in [0.05, 0.1) is 18.3 Å². The summed E-state index contributed by atoms with van der Waals surface area (Å²) in [6.07, 6.45) is 2.07. The minimum Gasteiger partial charge on any atom is -0.389 e. The van der Waals surface area contributed by atoms with Gasteiger partial charge in [0, 0.05) is 11.3 Å². The summed E-state index contributed by atoms with van der Waals surface area (Å²) in [5.74, 6) is 0.218. The lowest BCUT2D eigenvalue weighted by atomic mass is 9.71. The van der Waals surface area contributed by atoms with E-state index in [1.165, 1.54) is 5.57 Å². The number of hydrogen-bond acceptors (Lipinski definition) is 3. The molecule has 122 valence electrons. The fourth-order valence-electron chi connectivity index (χ4n) is 3.28. The Balaban J connectivity index is 3.12. The second-order valence-corrected chi connectivity index (χ2v) is 6.85. The van der Waals surface area contributed by atoms with Crippen LogP contribution in [0.25, 0.3) is 0 Å². The molecule has 0 saturated carbocycles. The maximum absolute atomic E-state index is 9.83. The molecule has 3 nitrogen and oxygen atoms in total. The molecule has 3 heteroatoms. The van der Waals surface area contributed by atoms with Crippen molar-refractivity contribution in [3.63, 3.8) is 0 Å². The van der Waals surface area contributed by atoms with Crippen LogP contribution in [0.2, 0.25) is 0 Å². The average Bonchev–Trinajstić information content (AvgIpc) is 2.44. The molecule has 0 spiro atoms. The minimum absolute atomic E-state index is 0.0351. The summed E-state index contributed by atoms with van der Waals surface area (Å²) < 4.78 is 12.1. The molecular formula is C18H32O3. The van der Waals surface area contributed by atoms with E-state index in [1.807, 2.05) is 13.8 Å². The van der Waals surface area contributed by atoms with Crippen molar-refractivity contribution in [2.45, 2.75) is 79.5 Å². The largest absolute Gasteiger partial charge is 0.389 e. The van der Waals surface area contributed by atoms with E-state index >= 15 is 0 Å². The van der Waals surface area contributed by atoms with Gasteiger partial charge in [0.1, 0.15) is 0 Å². The van der Waals surface area contributed by atoms with Crippen LogP contribution in [0.5, 0.6) is 0 Å². The van der Waals surface area contributed by atoms with Gasteiger partial charge in [0.2, 0.25) is 0 Å². The van der Waals surface area contributed by atoms with Crippen molar-refractivity contribution in [2.75, 3.05) is 0 Å². The standard InChI is InChI=1S/C18H32O3/c1-9-15-18(7,8)17(21-16(10-2)20-15)13(5)11(3)12(4)14(6)19/h10,13-17,19H,2,9H2,1,3-8H3/b12-11+/t13-,14?,15-,16?,17?/m0/s1. The molecule has 5 atom stereocenters. The first-order valence-electron chi connectivity index (χ1n) is 7.95. The number of aliphatic hydroxyl groups excluding tert-OH is 1. The summed E-state index contributed by atoms with van der Waals surface area (Å²) in [4.78, 5) is 0. The van der Waals surface area contributed by atoms with Crippen LogP contribution in [0.15, 0.2) is 23.8 Å². The summed E-state index contributed by atoms with van der Waals surface area (Å²) >= 11 is 0. The number of hydrogen-bond donors (Lipinski definition) is 1. The van der Waals surface area contributed by atoms with E-state index in [4.69, 9.17) is 9.47 Å². The van der Waals surface area contributed by atoms with Crippen molar-refractivity contribution in [1.82, 2.24) is 0 Å². The van der Waals surface area contributed by atoms with E-state index in [-0.39, 0.29) is 29.8 Å². The van der Waals surface area contributed by atoms with Gasteiger partial charge in [0.15, 0.2) is 6.29 Å². The Morgan fingerprint density at radius 2 is 1.81 bits per heavy atom. The van der Waals surface area contributed by atoms with Crippen LogP contribution in [0.4, 0.5) is 0 Å². The highest BCUT2D eigenvalue weighted by atomic mass is 16.7. The van der Waals surface area contributed by atoms with E-state index in [0.29, 0.717) is 0 Å². The van der Waals surface area contributed by atoms with Crippen molar-refractivity contribution in [3.8, 4) is 0 Å². The van der Waals surface area contributed by atoms with Gasteiger partial charge >= 0.3 is 0 Å². The Labute approximate surface area is 130 Å². The molecule has 0 aromatic heterocycles. The highest BCUT2D eigenvalue weighted by molar-refractivity contribution is 5.18. The fraction of sp³-hybridized carbons (Fsp3) is 0.778. The first-order valence-corrected chi connectivity index (χ1v) is 7.95. The summed E-state index contributed by atoms with van der Waals surface area (Å²) in [7, 11) is 0. The SMILES string of the molecule is C=CC1OC([C@@H](C)/C(C)=C(\C)C(C)O)C(C)(C)[C@H](CC)O1. The van der Waals surface area contributed by atoms with Crippen LogP contribution in [0.3, 0.4) is 0 Å². The molecule has 0 amide bonds.